The lowest BCUT2D eigenvalue weighted by Crippen LogP contribution is -2.50. The van der Waals surface area contributed by atoms with Gasteiger partial charge in [-0.1, -0.05) is 12.1 Å². The molecule has 1 aromatic carbocycles. The largest absolute Gasteiger partial charge is 0.367 e. The number of hydrogen-bond acceptors (Lipinski definition) is 5. The Morgan fingerprint density at radius 3 is 2.62 bits per heavy atom. The van der Waals surface area contributed by atoms with Crippen LogP contribution >= 0.6 is 0 Å². The zero-order chi connectivity index (χ0) is 23.5. The zero-order valence-electron chi connectivity index (χ0n) is 18.4. The quantitative estimate of drug-likeness (QED) is 0.497. The van der Waals surface area contributed by atoms with Gasteiger partial charge in [0.2, 0.25) is 5.91 Å². The monoisotopic (exact) mass is 458 g/mol. The first kappa shape index (κ1) is 21.6. The summed E-state index contributed by atoms with van der Waals surface area (Å²) in [6.07, 6.45) is 7.89. The van der Waals surface area contributed by atoms with Crippen LogP contribution in [0.1, 0.15) is 10.4 Å². The number of carbonyl (C=O) groups is 2. The van der Waals surface area contributed by atoms with Gasteiger partial charge in [0.15, 0.2) is 0 Å². The van der Waals surface area contributed by atoms with Crippen LogP contribution in [0.4, 0.5) is 15.8 Å². The third kappa shape index (κ3) is 4.45. The molecule has 1 N–H and O–H groups in total. The molecule has 34 heavy (non-hydrogen) atoms. The van der Waals surface area contributed by atoms with Crippen molar-refractivity contribution in [1.29, 1.82) is 0 Å². The minimum atomic E-state index is -0.518. The van der Waals surface area contributed by atoms with Gasteiger partial charge < -0.3 is 19.7 Å². The van der Waals surface area contributed by atoms with Crippen LogP contribution in [0, 0.1) is 5.82 Å². The van der Waals surface area contributed by atoms with E-state index < -0.39 is 5.82 Å². The molecule has 9 heteroatoms. The summed E-state index contributed by atoms with van der Waals surface area (Å²) in [5, 5.41) is 3.76. The summed E-state index contributed by atoms with van der Waals surface area (Å²) < 4.78 is 15.3. The van der Waals surface area contributed by atoms with E-state index in [2.05, 4.69) is 20.2 Å². The van der Waals surface area contributed by atoms with Crippen molar-refractivity contribution in [3.05, 3.63) is 84.8 Å². The van der Waals surface area contributed by atoms with Crippen molar-refractivity contribution in [2.75, 3.05) is 36.4 Å². The van der Waals surface area contributed by atoms with Crippen LogP contribution in [0.15, 0.2) is 73.4 Å². The maximum atomic E-state index is 13.4. The molecule has 2 amide bonds. The van der Waals surface area contributed by atoms with E-state index in [1.807, 2.05) is 39.9 Å². The summed E-state index contributed by atoms with van der Waals surface area (Å²) in [5.41, 5.74) is 2.49. The summed E-state index contributed by atoms with van der Waals surface area (Å²) in [6, 6.07) is 12.4. The third-order valence-electron chi connectivity index (χ3n) is 5.97. The summed E-state index contributed by atoms with van der Waals surface area (Å²) in [5.74, 6) is -0.809. The van der Waals surface area contributed by atoms with Gasteiger partial charge in [0, 0.05) is 55.7 Å². The van der Waals surface area contributed by atoms with Gasteiger partial charge in [0.25, 0.3) is 5.91 Å². The molecule has 8 nitrogen and oxygen atoms in total. The van der Waals surface area contributed by atoms with E-state index in [1.54, 1.807) is 24.5 Å². The van der Waals surface area contributed by atoms with E-state index >= 15 is 0 Å². The number of anilines is 2. The van der Waals surface area contributed by atoms with Crippen molar-refractivity contribution >= 4 is 34.1 Å². The number of nitrogens with one attached hydrogen (secondary N) is 1. The van der Waals surface area contributed by atoms with Gasteiger partial charge in [-0.05, 0) is 24.3 Å². The maximum Gasteiger partial charge on any atom is 0.257 e. The summed E-state index contributed by atoms with van der Waals surface area (Å²) in [7, 11) is 0. The van der Waals surface area contributed by atoms with E-state index in [-0.39, 0.29) is 18.4 Å². The van der Waals surface area contributed by atoms with Gasteiger partial charge in [0.1, 0.15) is 12.4 Å². The zero-order valence-corrected chi connectivity index (χ0v) is 18.4. The standard InChI is InChI=1S/C25H23FN6O2/c26-19-13-20(15-28-14-19)29-25(34)21-3-1-2-4-22(21)30-9-11-31(12-10-30)24(33)17-32-8-6-18-5-7-27-16-23(18)32/h1-8,13-16H,9-12,17H2,(H,29,34). The van der Waals surface area contributed by atoms with Gasteiger partial charge >= 0.3 is 0 Å². The van der Waals surface area contributed by atoms with Crippen LogP contribution in [0.3, 0.4) is 0 Å². The third-order valence-corrected chi connectivity index (χ3v) is 5.97. The Morgan fingerprint density at radius 1 is 0.971 bits per heavy atom. The number of amides is 2. The molecule has 4 aromatic rings. The minimum absolute atomic E-state index is 0.0469. The maximum absolute atomic E-state index is 13.4. The molecule has 0 spiro atoms. The number of fused-ring (bicyclic) bond motifs is 1. The molecule has 0 radical (unpaired) electrons. The highest BCUT2D eigenvalue weighted by molar-refractivity contribution is 6.08. The van der Waals surface area contributed by atoms with Crippen molar-refractivity contribution in [1.82, 2.24) is 19.4 Å². The number of para-hydroxylation sites is 1. The second-order valence-electron chi connectivity index (χ2n) is 8.11. The van der Waals surface area contributed by atoms with E-state index in [0.717, 1.165) is 22.8 Å². The molecule has 1 aliphatic rings. The van der Waals surface area contributed by atoms with Gasteiger partial charge in [-0.25, -0.2) is 4.39 Å². The fraction of sp³-hybridized carbons (Fsp3) is 0.200. The lowest BCUT2D eigenvalue weighted by molar-refractivity contribution is -0.132. The number of rotatable bonds is 5. The number of carbonyl (C=O) groups excluding carboxylic acids is 2. The molecule has 4 heterocycles. The Kier molecular flexibility index (Phi) is 5.90. The number of piperazine rings is 1. The molecule has 172 valence electrons. The van der Waals surface area contributed by atoms with Gasteiger partial charge in [-0.3, -0.25) is 19.6 Å². The molecule has 1 aliphatic heterocycles. The Labute approximate surface area is 195 Å². The average molecular weight is 458 g/mol. The SMILES string of the molecule is O=C(Nc1cncc(F)c1)c1ccccc1N1CCN(C(=O)Cn2ccc3ccncc32)CC1. The van der Waals surface area contributed by atoms with Crippen LogP contribution < -0.4 is 10.2 Å². The Bertz CT molecular complexity index is 1350. The lowest BCUT2D eigenvalue weighted by atomic mass is 10.1. The highest BCUT2D eigenvalue weighted by Gasteiger charge is 2.24. The molecule has 5 rings (SSSR count). The smallest absolute Gasteiger partial charge is 0.257 e. The second-order valence-corrected chi connectivity index (χ2v) is 8.11. The fourth-order valence-electron chi connectivity index (χ4n) is 4.23. The molecule has 0 aliphatic carbocycles. The van der Waals surface area contributed by atoms with E-state index in [4.69, 9.17) is 0 Å². The highest BCUT2D eigenvalue weighted by Crippen LogP contribution is 2.23. The topological polar surface area (TPSA) is 83.4 Å². The first-order valence-corrected chi connectivity index (χ1v) is 11.0. The van der Waals surface area contributed by atoms with E-state index in [1.165, 1.54) is 12.3 Å². The van der Waals surface area contributed by atoms with Crippen LogP contribution in [0.25, 0.3) is 10.9 Å². The van der Waals surface area contributed by atoms with Crippen molar-refractivity contribution in [2.45, 2.75) is 6.54 Å². The second kappa shape index (κ2) is 9.30. The number of hydrogen-bond donors (Lipinski definition) is 1. The summed E-state index contributed by atoms with van der Waals surface area (Å²) in [4.78, 5) is 37.7. The van der Waals surface area contributed by atoms with E-state index in [0.29, 0.717) is 37.4 Å². The molecule has 1 saturated heterocycles. The molecule has 0 saturated carbocycles. The predicted molar refractivity (Wildman–Crippen MR) is 127 cm³/mol. The van der Waals surface area contributed by atoms with Crippen LogP contribution in [0.2, 0.25) is 0 Å². The van der Waals surface area contributed by atoms with Crippen molar-refractivity contribution in [3.63, 3.8) is 0 Å². The van der Waals surface area contributed by atoms with Crippen LogP contribution in [0.5, 0.6) is 0 Å². The van der Waals surface area contributed by atoms with Gasteiger partial charge in [0.05, 0.1) is 35.4 Å². The highest BCUT2D eigenvalue weighted by atomic mass is 19.1. The number of nitrogens with zero attached hydrogens (tertiary/aromatic N) is 5. The van der Waals surface area contributed by atoms with Crippen molar-refractivity contribution in [3.8, 4) is 0 Å². The lowest BCUT2D eigenvalue weighted by Gasteiger charge is -2.37. The first-order chi connectivity index (χ1) is 16.6. The molecule has 3 aromatic heterocycles. The molecule has 0 unspecified atom stereocenters. The van der Waals surface area contributed by atoms with Crippen LogP contribution in [-0.2, 0) is 11.3 Å². The molecular weight excluding hydrogens is 435 g/mol. The van der Waals surface area contributed by atoms with Gasteiger partial charge in [-0.15, -0.1) is 0 Å². The minimum Gasteiger partial charge on any atom is -0.367 e. The average Bonchev–Trinajstić information content (AvgIpc) is 3.27. The first-order valence-electron chi connectivity index (χ1n) is 11.0. The van der Waals surface area contributed by atoms with E-state index in [9.17, 15) is 14.0 Å². The van der Waals surface area contributed by atoms with Crippen molar-refractivity contribution < 1.29 is 14.0 Å². The Morgan fingerprint density at radius 2 is 1.79 bits per heavy atom. The Balaban J connectivity index is 1.24. The van der Waals surface area contributed by atoms with Gasteiger partial charge in [-0.2, -0.15) is 0 Å². The summed E-state index contributed by atoms with van der Waals surface area (Å²) in [6.45, 7) is 2.58. The van der Waals surface area contributed by atoms with Crippen molar-refractivity contribution in [2.24, 2.45) is 0 Å². The molecule has 0 bridgehead atoms. The molecular formula is C25H23FN6O2. The number of halogens is 1. The molecule has 1 fully saturated rings. The predicted octanol–water partition coefficient (Wildman–Crippen LogP) is 3.17. The normalized spacial score (nSPS) is 13.8. The number of benzene rings is 1. The number of pyridine rings is 2. The summed E-state index contributed by atoms with van der Waals surface area (Å²) >= 11 is 0. The number of aromatic nitrogens is 3. The fourth-order valence-corrected chi connectivity index (χ4v) is 4.23. The Hall–Kier alpha value is -4.27. The van der Waals surface area contributed by atoms with Crippen LogP contribution in [-0.4, -0.2) is 57.4 Å². The molecule has 0 atom stereocenters.